The van der Waals surface area contributed by atoms with Crippen molar-refractivity contribution in [3.05, 3.63) is 53.6 Å². The van der Waals surface area contributed by atoms with E-state index in [0.29, 0.717) is 13.0 Å². The number of rotatable bonds is 5. The highest BCUT2D eigenvalue weighted by Crippen LogP contribution is 2.42. The third-order valence-electron chi connectivity index (χ3n) is 3.97. The van der Waals surface area contributed by atoms with Crippen LogP contribution in [0.1, 0.15) is 23.7 Å². The summed E-state index contributed by atoms with van der Waals surface area (Å²) in [5.41, 5.74) is 2.20. The fourth-order valence-corrected chi connectivity index (χ4v) is 3.91. The van der Waals surface area contributed by atoms with Gasteiger partial charge in [0.05, 0.1) is 12.7 Å². The lowest BCUT2D eigenvalue weighted by atomic mass is 10.0. The number of hydrogen-bond acceptors (Lipinski definition) is 4. The number of ether oxygens (including phenoxy) is 1. The molecule has 122 valence electrons. The molecule has 0 radical (unpaired) electrons. The van der Waals surface area contributed by atoms with Crippen molar-refractivity contribution in [1.82, 2.24) is 4.90 Å². The van der Waals surface area contributed by atoms with E-state index in [2.05, 4.69) is 37.2 Å². The zero-order valence-electron chi connectivity index (χ0n) is 13.7. The van der Waals surface area contributed by atoms with Crippen LogP contribution in [-0.2, 0) is 6.42 Å². The summed E-state index contributed by atoms with van der Waals surface area (Å²) in [6, 6.07) is 14.3. The summed E-state index contributed by atoms with van der Waals surface area (Å²) in [5, 5.41) is 10.5. The number of aliphatic hydroxyl groups excluding tert-OH is 1. The van der Waals surface area contributed by atoms with Gasteiger partial charge >= 0.3 is 0 Å². The zero-order valence-corrected chi connectivity index (χ0v) is 14.5. The lowest BCUT2D eigenvalue weighted by Crippen LogP contribution is -2.15. The van der Waals surface area contributed by atoms with E-state index in [9.17, 15) is 5.11 Å². The van der Waals surface area contributed by atoms with Crippen molar-refractivity contribution in [2.75, 3.05) is 27.2 Å². The molecule has 2 aromatic rings. The number of fused-ring (bicyclic) bond motifs is 2. The molecule has 0 spiro atoms. The highest BCUT2D eigenvalue weighted by Gasteiger charge is 2.21. The van der Waals surface area contributed by atoms with Gasteiger partial charge in [0.1, 0.15) is 5.75 Å². The Morgan fingerprint density at radius 1 is 1.17 bits per heavy atom. The molecule has 1 N–H and O–H groups in total. The van der Waals surface area contributed by atoms with Gasteiger partial charge in [-0.25, -0.2) is 0 Å². The van der Waals surface area contributed by atoms with Crippen molar-refractivity contribution >= 4 is 11.8 Å². The molecule has 3 nitrogen and oxygen atoms in total. The second-order valence-corrected chi connectivity index (χ2v) is 7.22. The lowest BCUT2D eigenvalue weighted by molar-refractivity contribution is 0.175. The van der Waals surface area contributed by atoms with Gasteiger partial charge in [0.2, 0.25) is 0 Å². The van der Waals surface area contributed by atoms with Crippen LogP contribution >= 0.6 is 11.8 Å². The van der Waals surface area contributed by atoms with Gasteiger partial charge in [-0.2, -0.15) is 0 Å². The van der Waals surface area contributed by atoms with Crippen molar-refractivity contribution in [3.63, 3.8) is 0 Å². The van der Waals surface area contributed by atoms with E-state index in [4.69, 9.17) is 4.74 Å². The van der Waals surface area contributed by atoms with Gasteiger partial charge in [0.25, 0.3) is 0 Å². The molecule has 2 aromatic carbocycles. The monoisotopic (exact) mass is 329 g/mol. The minimum atomic E-state index is -0.455. The van der Waals surface area contributed by atoms with E-state index in [1.165, 1.54) is 10.5 Å². The van der Waals surface area contributed by atoms with E-state index < -0.39 is 6.10 Å². The number of aliphatic hydroxyl groups is 1. The maximum atomic E-state index is 10.5. The Kier molecular flexibility index (Phi) is 5.26. The molecule has 0 unspecified atom stereocenters. The maximum absolute atomic E-state index is 10.5. The van der Waals surface area contributed by atoms with Crippen LogP contribution in [0.5, 0.6) is 5.75 Å². The van der Waals surface area contributed by atoms with Crippen LogP contribution < -0.4 is 4.74 Å². The molecule has 3 rings (SSSR count). The molecule has 1 heterocycles. The molecule has 23 heavy (non-hydrogen) atoms. The summed E-state index contributed by atoms with van der Waals surface area (Å²) in [5.74, 6) is 0.876. The average Bonchev–Trinajstić information content (AvgIpc) is 2.67. The standard InChI is InChI=1S/C19H23NO2S/c1-20(2)10-5-11-22-15-8-9-16-17(21)12-14-6-3-4-7-18(14)23-19(16)13-15/h3-4,6-9,13,17,21H,5,10-12H2,1-2H3/t17-/m1/s1. The van der Waals surface area contributed by atoms with Crippen molar-refractivity contribution in [2.45, 2.75) is 28.7 Å². The first kappa shape index (κ1) is 16.4. The normalized spacial score (nSPS) is 16.6. The van der Waals surface area contributed by atoms with E-state index >= 15 is 0 Å². The zero-order chi connectivity index (χ0) is 16.2. The number of nitrogens with zero attached hydrogens (tertiary/aromatic N) is 1. The second kappa shape index (κ2) is 7.39. The predicted molar refractivity (Wildman–Crippen MR) is 94.3 cm³/mol. The Hall–Kier alpha value is -1.49. The average molecular weight is 329 g/mol. The molecule has 0 saturated carbocycles. The van der Waals surface area contributed by atoms with Crippen LogP contribution in [-0.4, -0.2) is 37.3 Å². The molecule has 0 saturated heterocycles. The Morgan fingerprint density at radius 2 is 2.00 bits per heavy atom. The topological polar surface area (TPSA) is 32.7 Å². The van der Waals surface area contributed by atoms with E-state index in [1.54, 1.807) is 11.8 Å². The quantitative estimate of drug-likeness (QED) is 0.847. The molecule has 0 bridgehead atoms. The maximum Gasteiger partial charge on any atom is 0.120 e. The summed E-state index contributed by atoms with van der Waals surface area (Å²) < 4.78 is 5.86. The minimum absolute atomic E-state index is 0.455. The third kappa shape index (κ3) is 4.08. The van der Waals surface area contributed by atoms with Gasteiger partial charge in [0, 0.05) is 22.8 Å². The van der Waals surface area contributed by atoms with Crippen LogP contribution in [0.3, 0.4) is 0 Å². The first-order valence-electron chi connectivity index (χ1n) is 7.99. The molecule has 0 aromatic heterocycles. The molecule has 0 fully saturated rings. The first-order chi connectivity index (χ1) is 11.1. The van der Waals surface area contributed by atoms with Crippen molar-refractivity contribution < 1.29 is 9.84 Å². The van der Waals surface area contributed by atoms with Crippen LogP contribution in [0.4, 0.5) is 0 Å². The van der Waals surface area contributed by atoms with E-state index in [1.807, 2.05) is 24.3 Å². The molecule has 0 amide bonds. The fourth-order valence-electron chi connectivity index (χ4n) is 2.75. The summed E-state index contributed by atoms with van der Waals surface area (Å²) in [6.07, 6.45) is 1.21. The fraction of sp³-hybridized carbons (Fsp3) is 0.368. The predicted octanol–water partition coefficient (Wildman–Crippen LogP) is 3.76. The molecule has 0 aliphatic carbocycles. The Labute approximate surface area is 142 Å². The highest BCUT2D eigenvalue weighted by molar-refractivity contribution is 7.99. The van der Waals surface area contributed by atoms with Gasteiger partial charge in [-0.15, -0.1) is 0 Å². The Balaban J connectivity index is 1.76. The summed E-state index contributed by atoms with van der Waals surface area (Å²) in [4.78, 5) is 4.46. The Bertz CT molecular complexity index is 672. The number of hydrogen-bond donors (Lipinski definition) is 1. The van der Waals surface area contributed by atoms with Gasteiger partial charge in [-0.05, 0) is 49.8 Å². The summed E-state index contributed by atoms with van der Waals surface area (Å²) in [7, 11) is 4.13. The molecule has 1 aliphatic rings. The van der Waals surface area contributed by atoms with Crippen LogP contribution in [0, 0.1) is 0 Å². The summed E-state index contributed by atoms with van der Waals surface area (Å²) >= 11 is 1.72. The molecule has 4 heteroatoms. The SMILES string of the molecule is CN(C)CCCOc1ccc2c(c1)Sc1ccccc1C[C@H]2O. The molecular weight excluding hydrogens is 306 g/mol. The summed E-state index contributed by atoms with van der Waals surface area (Å²) in [6.45, 7) is 1.73. The van der Waals surface area contributed by atoms with Crippen molar-refractivity contribution in [2.24, 2.45) is 0 Å². The van der Waals surface area contributed by atoms with Crippen LogP contribution in [0.15, 0.2) is 52.3 Å². The van der Waals surface area contributed by atoms with Crippen molar-refractivity contribution in [3.8, 4) is 5.75 Å². The van der Waals surface area contributed by atoms with Crippen LogP contribution in [0.2, 0.25) is 0 Å². The Morgan fingerprint density at radius 3 is 2.83 bits per heavy atom. The molecule has 1 atom stereocenters. The first-order valence-corrected chi connectivity index (χ1v) is 8.80. The third-order valence-corrected chi connectivity index (χ3v) is 5.16. The highest BCUT2D eigenvalue weighted by atomic mass is 32.2. The van der Waals surface area contributed by atoms with Gasteiger partial charge in [-0.3, -0.25) is 0 Å². The number of benzene rings is 2. The lowest BCUT2D eigenvalue weighted by Gasteiger charge is -2.14. The smallest absolute Gasteiger partial charge is 0.120 e. The van der Waals surface area contributed by atoms with E-state index in [-0.39, 0.29) is 0 Å². The van der Waals surface area contributed by atoms with Gasteiger partial charge < -0.3 is 14.7 Å². The van der Waals surface area contributed by atoms with Crippen molar-refractivity contribution in [1.29, 1.82) is 0 Å². The van der Waals surface area contributed by atoms with Gasteiger partial charge in [-0.1, -0.05) is 36.0 Å². The largest absolute Gasteiger partial charge is 0.494 e. The van der Waals surface area contributed by atoms with Gasteiger partial charge in [0.15, 0.2) is 0 Å². The van der Waals surface area contributed by atoms with E-state index in [0.717, 1.165) is 29.2 Å². The second-order valence-electron chi connectivity index (χ2n) is 6.13. The minimum Gasteiger partial charge on any atom is -0.494 e. The molecular formula is C19H23NO2S. The van der Waals surface area contributed by atoms with Crippen LogP contribution in [0.25, 0.3) is 0 Å². The molecule has 1 aliphatic heterocycles.